The molecule has 4 rings (SSSR count). The van der Waals surface area contributed by atoms with Crippen LogP contribution in [0.3, 0.4) is 0 Å². The zero-order valence-electron chi connectivity index (χ0n) is 32.3. The molecule has 2 saturated heterocycles. The van der Waals surface area contributed by atoms with Gasteiger partial charge in [0, 0.05) is 6.42 Å². The van der Waals surface area contributed by atoms with E-state index in [9.17, 15) is 19.5 Å². The lowest BCUT2D eigenvalue weighted by atomic mass is 9.76. The lowest BCUT2D eigenvalue weighted by molar-refractivity contribution is -0.408. The first kappa shape index (κ1) is 42.4. The van der Waals surface area contributed by atoms with Crippen LogP contribution in [0.1, 0.15) is 123 Å². The lowest BCUT2D eigenvalue weighted by Crippen LogP contribution is -2.83. The fraction of sp³-hybridized carbons (Fsp3) is 0.643. The van der Waals surface area contributed by atoms with Crippen molar-refractivity contribution in [3.05, 3.63) is 71.8 Å². The molecule has 11 heteroatoms. The molecule has 2 aliphatic rings. The summed E-state index contributed by atoms with van der Waals surface area (Å²) in [7, 11) is 0. The number of unbranched alkanes of at least 4 members (excludes halogenated alkanes) is 10. The molecule has 53 heavy (non-hydrogen) atoms. The minimum atomic E-state index is -2.69. The Hall–Kier alpha value is -3.35. The average Bonchev–Trinajstić information content (AvgIpc) is 3.14. The average molecular weight is 740 g/mol. The summed E-state index contributed by atoms with van der Waals surface area (Å²) in [6, 6.07) is 16.2. The minimum absolute atomic E-state index is 0.0863. The van der Waals surface area contributed by atoms with Crippen LogP contribution < -0.4 is 5.32 Å². The van der Waals surface area contributed by atoms with Gasteiger partial charge < -0.3 is 38.8 Å². The normalized spacial score (nSPS) is 25.0. The maximum Gasteiger partial charge on any atom is 0.369 e. The molecule has 0 unspecified atom stereocenters. The molecule has 2 heterocycles. The van der Waals surface area contributed by atoms with E-state index in [0.717, 1.165) is 19.3 Å². The standard InChI is InChI=1S/C42H61NO10/c1-6-7-8-9-10-11-12-13-14-15-22-27-35(44)43-37-41(47,38(45)48-28-32-23-18-16-19-24-32)36-34(30-50-40(4,5)53-36)52-42(37,51-31(2)3)39(46)49-29-33-25-20-17-21-26-33/h16-21,23-26,31,34,36-37,47H,6-15,22,27-30H2,1-5H3,(H,43,44)/t34-,36-,37-,41+,42-/m1/s1. The Morgan fingerprint density at radius 3 is 1.81 bits per heavy atom. The number of fused-ring (bicyclic) bond motifs is 1. The molecule has 2 fully saturated rings. The van der Waals surface area contributed by atoms with Gasteiger partial charge in [0.25, 0.3) is 5.79 Å². The molecule has 2 aromatic rings. The van der Waals surface area contributed by atoms with Crippen molar-refractivity contribution in [2.45, 2.75) is 166 Å². The molecule has 1 amide bonds. The van der Waals surface area contributed by atoms with Gasteiger partial charge in [0.2, 0.25) is 11.5 Å². The molecule has 0 radical (unpaired) electrons. The highest BCUT2D eigenvalue weighted by atomic mass is 16.8. The van der Waals surface area contributed by atoms with Gasteiger partial charge in [-0.3, -0.25) is 4.79 Å². The number of esters is 2. The van der Waals surface area contributed by atoms with Gasteiger partial charge >= 0.3 is 11.9 Å². The smallest absolute Gasteiger partial charge is 0.369 e. The fourth-order valence-corrected chi connectivity index (χ4v) is 6.95. The van der Waals surface area contributed by atoms with E-state index in [1.807, 2.05) is 24.3 Å². The van der Waals surface area contributed by atoms with Crippen LogP contribution in [0.4, 0.5) is 0 Å². The van der Waals surface area contributed by atoms with Crippen molar-refractivity contribution in [1.82, 2.24) is 5.32 Å². The Bertz CT molecular complexity index is 1420. The molecule has 2 N–H and O–H groups in total. The topological polar surface area (TPSA) is 139 Å². The van der Waals surface area contributed by atoms with E-state index in [-0.39, 0.29) is 26.2 Å². The molecule has 0 bridgehead atoms. The second-order valence-electron chi connectivity index (χ2n) is 15.0. The Balaban J connectivity index is 1.60. The number of benzene rings is 2. The van der Waals surface area contributed by atoms with E-state index in [2.05, 4.69) is 12.2 Å². The number of aliphatic hydroxyl groups is 1. The van der Waals surface area contributed by atoms with Crippen LogP contribution in [0.25, 0.3) is 0 Å². The summed E-state index contributed by atoms with van der Waals surface area (Å²) in [5.41, 5.74) is -1.33. The molecule has 2 aromatic carbocycles. The summed E-state index contributed by atoms with van der Waals surface area (Å²) >= 11 is 0. The first-order valence-electron chi connectivity index (χ1n) is 19.5. The summed E-state index contributed by atoms with van der Waals surface area (Å²) in [6.07, 6.45) is 9.02. The molecule has 0 aromatic heterocycles. The molecule has 0 aliphatic carbocycles. The van der Waals surface area contributed by atoms with E-state index < -0.39 is 59.4 Å². The minimum Gasteiger partial charge on any atom is -0.459 e. The number of amides is 1. The second-order valence-corrected chi connectivity index (χ2v) is 15.0. The van der Waals surface area contributed by atoms with Gasteiger partial charge in [-0.15, -0.1) is 0 Å². The summed E-state index contributed by atoms with van der Waals surface area (Å²) in [5.74, 6) is -6.40. The predicted octanol–water partition coefficient (Wildman–Crippen LogP) is 7.06. The van der Waals surface area contributed by atoms with E-state index in [1.54, 1.807) is 64.1 Å². The zero-order valence-corrected chi connectivity index (χ0v) is 32.3. The van der Waals surface area contributed by atoms with Gasteiger partial charge in [0.05, 0.1) is 12.7 Å². The maximum atomic E-state index is 14.4. The number of carbonyl (C=O) groups is 3. The van der Waals surface area contributed by atoms with Crippen LogP contribution in [0, 0.1) is 0 Å². The van der Waals surface area contributed by atoms with E-state index in [4.69, 9.17) is 28.4 Å². The highest BCUT2D eigenvalue weighted by Crippen LogP contribution is 2.45. The first-order valence-corrected chi connectivity index (χ1v) is 19.5. The largest absolute Gasteiger partial charge is 0.459 e. The van der Waals surface area contributed by atoms with Gasteiger partial charge in [-0.05, 0) is 45.2 Å². The van der Waals surface area contributed by atoms with Crippen molar-refractivity contribution in [3.8, 4) is 0 Å². The van der Waals surface area contributed by atoms with Crippen molar-refractivity contribution in [3.63, 3.8) is 0 Å². The summed E-state index contributed by atoms with van der Waals surface area (Å²) in [5, 5.41) is 15.7. The molecular weight excluding hydrogens is 678 g/mol. The summed E-state index contributed by atoms with van der Waals surface area (Å²) in [6.45, 7) is 8.34. The lowest BCUT2D eigenvalue weighted by Gasteiger charge is -2.57. The Kier molecular flexibility index (Phi) is 16.3. The van der Waals surface area contributed by atoms with E-state index in [0.29, 0.717) is 17.5 Å². The number of nitrogens with one attached hydrogen (secondary N) is 1. The highest BCUT2D eigenvalue weighted by molar-refractivity contribution is 5.89. The molecule has 294 valence electrons. The molecule has 5 atom stereocenters. The Labute approximate surface area is 315 Å². The predicted molar refractivity (Wildman–Crippen MR) is 199 cm³/mol. The molecule has 2 aliphatic heterocycles. The highest BCUT2D eigenvalue weighted by Gasteiger charge is 2.73. The molecule has 0 spiro atoms. The number of rotatable bonds is 21. The third-order valence-corrected chi connectivity index (χ3v) is 9.68. The van der Waals surface area contributed by atoms with Crippen LogP contribution >= 0.6 is 0 Å². The Morgan fingerprint density at radius 1 is 0.774 bits per heavy atom. The van der Waals surface area contributed by atoms with Crippen LogP contribution in [0.15, 0.2) is 60.7 Å². The van der Waals surface area contributed by atoms with Crippen molar-refractivity contribution in [2.75, 3.05) is 6.61 Å². The van der Waals surface area contributed by atoms with Crippen molar-refractivity contribution in [1.29, 1.82) is 0 Å². The van der Waals surface area contributed by atoms with Gasteiger partial charge in [0.15, 0.2) is 5.79 Å². The van der Waals surface area contributed by atoms with Gasteiger partial charge in [-0.25, -0.2) is 9.59 Å². The monoisotopic (exact) mass is 739 g/mol. The van der Waals surface area contributed by atoms with Gasteiger partial charge in [0.1, 0.15) is 31.5 Å². The Morgan fingerprint density at radius 2 is 1.28 bits per heavy atom. The quantitative estimate of drug-likeness (QED) is 0.101. The summed E-state index contributed by atoms with van der Waals surface area (Å²) in [4.78, 5) is 42.6. The number of ether oxygens (including phenoxy) is 6. The van der Waals surface area contributed by atoms with Crippen molar-refractivity contribution < 1.29 is 47.9 Å². The van der Waals surface area contributed by atoms with Crippen molar-refractivity contribution >= 4 is 17.8 Å². The van der Waals surface area contributed by atoms with Crippen molar-refractivity contribution in [2.24, 2.45) is 0 Å². The molecule has 0 saturated carbocycles. The zero-order chi connectivity index (χ0) is 38.3. The van der Waals surface area contributed by atoms with E-state index >= 15 is 0 Å². The summed E-state index contributed by atoms with van der Waals surface area (Å²) < 4.78 is 36.3. The SMILES string of the molecule is CCCCCCCCCCCCCC(=O)N[C@H]1[C@](OC(C)C)(C(=O)OCc2ccccc2)O[C@@H]2COC(C)(C)O[C@H]2[C@@]1(O)C(=O)OCc1ccccc1. The van der Waals surface area contributed by atoms with Crippen LogP contribution in [0.5, 0.6) is 0 Å². The fourth-order valence-electron chi connectivity index (χ4n) is 6.95. The third-order valence-electron chi connectivity index (χ3n) is 9.68. The van der Waals surface area contributed by atoms with Gasteiger partial charge in [-0.2, -0.15) is 0 Å². The third kappa shape index (κ3) is 11.8. The van der Waals surface area contributed by atoms with Gasteiger partial charge in [-0.1, -0.05) is 132 Å². The number of carbonyl (C=O) groups excluding carboxylic acids is 3. The first-order chi connectivity index (χ1) is 25.4. The van der Waals surface area contributed by atoms with Crippen LogP contribution in [-0.4, -0.2) is 71.1 Å². The van der Waals surface area contributed by atoms with Crippen LogP contribution in [0.2, 0.25) is 0 Å². The molecular formula is C42H61NO10. The second kappa shape index (κ2) is 20.4. The van der Waals surface area contributed by atoms with Crippen LogP contribution in [-0.2, 0) is 56.0 Å². The number of hydrogen-bond donors (Lipinski definition) is 2. The van der Waals surface area contributed by atoms with E-state index in [1.165, 1.54) is 44.9 Å². The number of hydrogen-bond acceptors (Lipinski definition) is 10. The molecule has 11 nitrogen and oxygen atoms in total. The maximum absolute atomic E-state index is 14.4.